The lowest BCUT2D eigenvalue weighted by atomic mass is 10.2. The van der Waals surface area contributed by atoms with Gasteiger partial charge in [0.15, 0.2) is 11.5 Å². The van der Waals surface area contributed by atoms with Crippen molar-refractivity contribution >= 4 is 22.5 Å². The van der Waals surface area contributed by atoms with E-state index in [1.165, 1.54) is 25.1 Å². The lowest BCUT2D eigenvalue weighted by Crippen LogP contribution is -2.27. The van der Waals surface area contributed by atoms with Crippen LogP contribution in [0.3, 0.4) is 0 Å². The zero-order valence-electron chi connectivity index (χ0n) is 16.2. The fourth-order valence-corrected chi connectivity index (χ4v) is 3.01. The molecule has 0 atom stereocenters. The van der Waals surface area contributed by atoms with Crippen molar-refractivity contribution in [2.24, 2.45) is 0 Å². The number of ether oxygens (including phenoxy) is 2. The van der Waals surface area contributed by atoms with Gasteiger partial charge in [-0.25, -0.2) is 4.98 Å². The molecule has 0 unspecified atom stereocenters. The maximum atomic E-state index is 12.8. The number of fused-ring (bicyclic) bond motifs is 1. The highest BCUT2D eigenvalue weighted by atomic mass is 16.5. The molecule has 0 radical (unpaired) electrons. The Morgan fingerprint density at radius 2 is 1.79 bits per heavy atom. The summed E-state index contributed by atoms with van der Waals surface area (Å²) in [5.41, 5.74) is 1.21. The second kappa shape index (κ2) is 8.56. The van der Waals surface area contributed by atoms with E-state index in [-0.39, 0.29) is 11.5 Å². The van der Waals surface area contributed by atoms with Crippen LogP contribution in [-0.4, -0.2) is 36.7 Å². The summed E-state index contributed by atoms with van der Waals surface area (Å²) in [4.78, 5) is 31.1. The molecule has 0 saturated heterocycles. The van der Waals surface area contributed by atoms with Crippen molar-refractivity contribution in [2.75, 3.05) is 26.2 Å². The monoisotopic (exact) mass is 381 g/mol. The molecule has 0 aliphatic rings. The number of nitrogens with zero attached hydrogens (tertiary/aromatic N) is 3. The molecule has 0 aliphatic heterocycles. The quantitative estimate of drug-likeness (QED) is 0.629. The molecule has 7 nitrogen and oxygen atoms in total. The predicted molar refractivity (Wildman–Crippen MR) is 108 cm³/mol. The van der Waals surface area contributed by atoms with Crippen molar-refractivity contribution in [1.82, 2.24) is 9.55 Å². The van der Waals surface area contributed by atoms with Crippen LogP contribution in [0.4, 0.5) is 5.69 Å². The fourth-order valence-electron chi connectivity index (χ4n) is 3.01. The van der Waals surface area contributed by atoms with E-state index in [2.05, 4.69) is 4.98 Å². The van der Waals surface area contributed by atoms with Crippen LogP contribution in [0.5, 0.6) is 11.5 Å². The van der Waals surface area contributed by atoms with E-state index in [1.807, 2.05) is 30.3 Å². The Balaban J connectivity index is 1.71. The first-order valence-corrected chi connectivity index (χ1v) is 8.98. The van der Waals surface area contributed by atoms with E-state index in [9.17, 15) is 9.59 Å². The number of rotatable bonds is 7. The zero-order chi connectivity index (χ0) is 20.1. The number of amides is 1. The topological polar surface area (TPSA) is 73.7 Å². The fraction of sp³-hybridized carbons (Fsp3) is 0.286. The minimum atomic E-state index is -0.171. The van der Waals surface area contributed by atoms with Crippen LogP contribution in [0, 0.1) is 0 Å². The molecular formula is C21H23N3O4. The second-order valence-corrected chi connectivity index (χ2v) is 6.36. The third kappa shape index (κ3) is 3.98. The van der Waals surface area contributed by atoms with Gasteiger partial charge in [0.25, 0.3) is 5.56 Å². The Labute approximate surface area is 163 Å². The molecule has 1 heterocycles. The van der Waals surface area contributed by atoms with Crippen molar-refractivity contribution in [2.45, 2.75) is 19.4 Å². The summed E-state index contributed by atoms with van der Waals surface area (Å²) in [6, 6.07) is 12.8. The third-order valence-electron chi connectivity index (χ3n) is 4.64. The van der Waals surface area contributed by atoms with Crippen LogP contribution in [0.15, 0.2) is 53.6 Å². The molecule has 3 aromatic rings. The van der Waals surface area contributed by atoms with Gasteiger partial charge in [-0.3, -0.25) is 14.2 Å². The molecule has 0 aliphatic carbocycles. The molecule has 0 saturated carbocycles. The van der Waals surface area contributed by atoms with Gasteiger partial charge in [-0.15, -0.1) is 0 Å². The van der Waals surface area contributed by atoms with Crippen molar-refractivity contribution in [1.29, 1.82) is 0 Å². The number of aryl methyl sites for hydroxylation is 1. The van der Waals surface area contributed by atoms with Gasteiger partial charge in [0.05, 0.1) is 31.4 Å². The molecule has 0 bridgehead atoms. The average molecular weight is 381 g/mol. The van der Waals surface area contributed by atoms with Gasteiger partial charge in [-0.1, -0.05) is 18.2 Å². The van der Waals surface area contributed by atoms with Crippen LogP contribution >= 0.6 is 0 Å². The van der Waals surface area contributed by atoms with Crippen molar-refractivity contribution < 1.29 is 14.3 Å². The standard InChI is InChI=1S/C21H23N3O4/c1-23(15-8-5-4-6-9-15)20(25)10-7-11-24-14-22-17-13-19(28-3)18(27-2)12-16(17)21(24)26/h4-6,8-9,12-14H,7,10-11H2,1-3H3. The summed E-state index contributed by atoms with van der Waals surface area (Å²) in [5, 5.41) is 0.452. The Morgan fingerprint density at radius 3 is 2.46 bits per heavy atom. The number of carbonyl (C=O) groups is 1. The number of hydrogen-bond donors (Lipinski definition) is 0. The van der Waals surface area contributed by atoms with E-state index >= 15 is 0 Å². The van der Waals surface area contributed by atoms with E-state index in [4.69, 9.17) is 9.47 Å². The lowest BCUT2D eigenvalue weighted by Gasteiger charge is -2.17. The smallest absolute Gasteiger partial charge is 0.261 e. The average Bonchev–Trinajstić information content (AvgIpc) is 2.74. The molecule has 0 spiro atoms. The lowest BCUT2D eigenvalue weighted by molar-refractivity contribution is -0.118. The Morgan fingerprint density at radius 1 is 1.11 bits per heavy atom. The van der Waals surface area contributed by atoms with Gasteiger partial charge in [-0.2, -0.15) is 0 Å². The number of para-hydroxylation sites is 1. The molecular weight excluding hydrogens is 358 g/mol. The van der Waals surface area contributed by atoms with Gasteiger partial charge < -0.3 is 14.4 Å². The molecule has 146 valence electrons. The number of methoxy groups -OCH3 is 2. The Kier molecular flexibility index (Phi) is 5.93. The summed E-state index contributed by atoms with van der Waals surface area (Å²) >= 11 is 0. The molecule has 2 aromatic carbocycles. The van der Waals surface area contributed by atoms with E-state index in [1.54, 1.807) is 24.1 Å². The Hall–Kier alpha value is -3.35. The minimum Gasteiger partial charge on any atom is -0.493 e. The minimum absolute atomic E-state index is 0.000553. The van der Waals surface area contributed by atoms with E-state index < -0.39 is 0 Å². The van der Waals surface area contributed by atoms with Crippen LogP contribution in [0.1, 0.15) is 12.8 Å². The first-order valence-electron chi connectivity index (χ1n) is 8.98. The van der Waals surface area contributed by atoms with Gasteiger partial charge in [0, 0.05) is 31.8 Å². The summed E-state index contributed by atoms with van der Waals surface area (Å²) < 4.78 is 12.0. The number of aromatic nitrogens is 2. The van der Waals surface area contributed by atoms with Gasteiger partial charge in [0.1, 0.15) is 0 Å². The Bertz CT molecular complexity index is 1030. The summed E-state index contributed by atoms with van der Waals surface area (Å²) in [5.74, 6) is 1.000. The molecule has 0 fully saturated rings. The molecule has 7 heteroatoms. The third-order valence-corrected chi connectivity index (χ3v) is 4.64. The molecule has 3 rings (SSSR count). The van der Waals surface area contributed by atoms with Crippen LogP contribution in [0.2, 0.25) is 0 Å². The van der Waals surface area contributed by atoms with Gasteiger partial charge >= 0.3 is 0 Å². The van der Waals surface area contributed by atoms with Crippen LogP contribution in [-0.2, 0) is 11.3 Å². The first-order chi connectivity index (χ1) is 13.5. The number of benzene rings is 2. The normalized spacial score (nSPS) is 10.7. The van der Waals surface area contributed by atoms with Crippen molar-refractivity contribution in [3.63, 3.8) is 0 Å². The molecule has 1 amide bonds. The highest BCUT2D eigenvalue weighted by molar-refractivity contribution is 5.92. The first kappa shape index (κ1) is 19.4. The van der Waals surface area contributed by atoms with E-state index in [0.29, 0.717) is 41.8 Å². The largest absolute Gasteiger partial charge is 0.493 e. The summed E-state index contributed by atoms with van der Waals surface area (Å²) in [7, 11) is 4.81. The van der Waals surface area contributed by atoms with Gasteiger partial charge in [0.2, 0.25) is 5.91 Å². The maximum absolute atomic E-state index is 12.8. The molecule has 1 aromatic heterocycles. The second-order valence-electron chi connectivity index (χ2n) is 6.36. The zero-order valence-corrected chi connectivity index (χ0v) is 16.2. The predicted octanol–water partition coefficient (Wildman–Crippen LogP) is 2.86. The number of carbonyl (C=O) groups excluding carboxylic acids is 1. The highest BCUT2D eigenvalue weighted by Crippen LogP contribution is 2.29. The van der Waals surface area contributed by atoms with Crippen LogP contribution in [0.25, 0.3) is 10.9 Å². The van der Waals surface area contributed by atoms with Crippen LogP contribution < -0.4 is 19.9 Å². The van der Waals surface area contributed by atoms with E-state index in [0.717, 1.165) is 5.69 Å². The van der Waals surface area contributed by atoms with Crippen molar-refractivity contribution in [3.8, 4) is 11.5 Å². The van der Waals surface area contributed by atoms with Gasteiger partial charge in [-0.05, 0) is 24.6 Å². The summed E-state index contributed by atoms with van der Waals surface area (Å²) in [6.07, 6.45) is 2.38. The summed E-state index contributed by atoms with van der Waals surface area (Å²) in [6.45, 7) is 0.407. The SMILES string of the molecule is COc1cc2ncn(CCCC(=O)N(C)c3ccccc3)c(=O)c2cc1OC. The number of hydrogen-bond acceptors (Lipinski definition) is 5. The molecule has 28 heavy (non-hydrogen) atoms. The highest BCUT2D eigenvalue weighted by Gasteiger charge is 2.13. The van der Waals surface area contributed by atoms with Crippen molar-refractivity contribution in [3.05, 3.63) is 59.1 Å². The molecule has 0 N–H and O–H groups in total. The maximum Gasteiger partial charge on any atom is 0.261 e. The number of anilines is 1.